The molecule has 0 saturated carbocycles. The first kappa shape index (κ1) is 15.9. The summed E-state index contributed by atoms with van der Waals surface area (Å²) in [6.07, 6.45) is 0.902. The van der Waals surface area contributed by atoms with Crippen molar-refractivity contribution in [3.63, 3.8) is 0 Å². The number of rotatable bonds is 6. The maximum atomic E-state index is 12.4. The minimum Gasteiger partial charge on any atom is -0.370 e. The lowest BCUT2D eigenvalue weighted by molar-refractivity contribution is -0.136. The summed E-state index contributed by atoms with van der Waals surface area (Å²) in [4.78, 5) is 12.4. The van der Waals surface area contributed by atoms with Gasteiger partial charge >= 0.3 is 0 Å². The van der Waals surface area contributed by atoms with Crippen LogP contribution in [0.25, 0.3) is 0 Å². The summed E-state index contributed by atoms with van der Waals surface area (Å²) in [6, 6.07) is 2.00. The number of ether oxygens (including phenoxy) is 1. The van der Waals surface area contributed by atoms with Gasteiger partial charge in [0.1, 0.15) is 6.10 Å². The maximum Gasteiger partial charge on any atom is 0.168 e. The van der Waals surface area contributed by atoms with Crippen molar-refractivity contribution in [2.45, 2.75) is 53.6 Å². The zero-order valence-electron chi connectivity index (χ0n) is 13.0. The maximum absolute atomic E-state index is 12.4. The number of carbonyl (C=O) groups is 1. The van der Waals surface area contributed by atoms with Gasteiger partial charge in [-0.25, -0.2) is 0 Å². The van der Waals surface area contributed by atoms with Crippen LogP contribution in [0.3, 0.4) is 0 Å². The van der Waals surface area contributed by atoms with Crippen molar-refractivity contribution in [3.05, 3.63) is 17.5 Å². The minimum absolute atomic E-state index is 0.125. The molecule has 0 amide bonds. The Morgan fingerprint density at radius 1 is 1.42 bits per heavy atom. The number of ketones is 1. The Balaban J connectivity index is 2.84. The second-order valence-corrected chi connectivity index (χ2v) is 5.95. The predicted molar refractivity (Wildman–Crippen MR) is 76.2 cm³/mol. The van der Waals surface area contributed by atoms with Gasteiger partial charge in [-0.05, 0) is 24.8 Å². The molecule has 0 aliphatic rings. The molecule has 4 heteroatoms. The van der Waals surface area contributed by atoms with Crippen LogP contribution in [0.5, 0.6) is 0 Å². The molecule has 1 atom stereocenters. The van der Waals surface area contributed by atoms with Crippen LogP contribution in [0.1, 0.15) is 46.0 Å². The number of aryl methyl sites for hydroxylation is 2. The van der Waals surface area contributed by atoms with Gasteiger partial charge < -0.3 is 4.74 Å². The Hall–Kier alpha value is -1.16. The van der Waals surface area contributed by atoms with Crippen molar-refractivity contribution >= 4 is 5.78 Å². The average molecular weight is 266 g/mol. The zero-order valence-corrected chi connectivity index (χ0v) is 13.0. The molecule has 0 saturated heterocycles. The standard InChI is InChI=1S/C15H26N2O2/c1-7-11-9-12(17(6)16-11)10-13(18)14(19-8-2)15(3,4)5/h9,14H,7-8,10H2,1-6H3. The van der Waals surface area contributed by atoms with Gasteiger partial charge in [0.05, 0.1) is 12.1 Å². The molecular formula is C15H26N2O2. The summed E-state index contributed by atoms with van der Waals surface area (Å²) < 4.78 is 7.43. The van der Waals surface area contributed by atoms with Gasteiger partial charge in [0.2, 0.25) is 0 Å². The highest BCUT2D eigenvalue weighted by Gasteiger charge is 2.32. The molecule has 1 heterocycles. The first-order valence-electron chi connectivity index (χ1n) is 6.95. The third-order valence-corrected chi connectivity index (χ3v) is 3.16. The Labute approximate surface area is 116 Å². The van der Waals surface area contributed by atoms with Crippen LogP contribution in [-0.4, -0.2) is 28.3 Å². The van der Waals surface area contributed by atoms with Crippen LogP contribution < -0.4 is 0 Å². The minimum atomic E-state index is -0.363. The van der Waals surface area contributed by atoms with Crippen LogP contribution in [0.4, 0.5) is 0 Å². The number of hydrogen-bond acceptors (Lipinski definition) is 3. The van der Waals surface area contributed by atoms with Crippen molar-refractivity contribution in [3.8, 4) is 0 Å². The fourth-order valence-electron chi connectivity index (χ4n) is 2.17. The number of aromatic nitrogens is 2. The SMILES string of the molecule is CCOC(C(=O)Cc1cc(CC)nn1C)C(C)(C)C. The highest BCUT2D eigenvalue weighted by atomic mass is 16.5. The number of carbonyl (C=O) groups excluding carboxylic acids is 1. The van der Waals surface area contributed by atoms with Crippen molar-refractivity contribution in [1.82, 2.24) is 9.78 Å². The summed E-state index contributed by atoms with van der Waals surface area (Å²) in [5, 5.41) is 4.37. The molecule has 0 aromatic carbocycles. The van der Waals surface area contributed by atoms with E-state index in [9.17, 15) is 4.79 Å². The second-order valence-electron chi connectivity index (χ2n) is 5.95. The number of Topliss-reactive ketones (excluding diaryl/α,β-unsaturated/α-hetero) is 1. The normalized spacial score (nSPS) is 13.6. The molecule has 4 nitrogen and oxygen atoms in total. The van der Waals surface area contributed by atoms with Crippen molar-refractivity contribution < 1.29 is 9.53 Å². The lowest BCUT2D eigenvalue weighted by atomic mass is 9.85. The first-order chi connectivity index (χ1) is 8.79. The molecule has 1 rings (SSSR count). The summed E-state index contributed by atoms with van der Waals surface area (Å²) in [5.41, 5.74) is 1.80. The van der Waals surface area contributed by atoms with Crippen LogP contribution >= 0.6 is 0 Å². The highest BCUT2D eigenvalue weighted by Crippen LogP contribution is 2.24. The van der Waals surface area contributed by atoms with Gasteiger partial charge in [0.25, 0.3) is 0 Å². The Morgan fingerprint density at radius 2 is 2.05 bits per heavy atom. The lowest BCUT2D eigenvalue weighted by Crippen LogP contribution is -2.38. The second kappa shape index (κ2) is 6.33. The smallest absolute Gasteiger partial charge is 0.168 e. The van der Waals surface area contributed by atoms with Crippen LogP contribution in [0.2, 0.25) is 0 Å². The highest BCUT2D eigenvalue weighted by molar-refractivity contribution is 5.85. The van der Waals surface area contributed by atoms with Crippen LogP contribution in [-0.2, 0) is 29.4 Å². The average Bonchev–Trinajstić information content (AvgIpc) is 2.65. The molecule has 0 radical (unpaired) electrons. The summed E-state index contributed by atoms with van der Waals surface area (Å²) in [7, 11) is 1.88. The van der Waals surface area contributed by atoms with E-state index in [0.29, 0.717) is 13.0 Å². The molecule has 0 spiro atoms. The molecule has 19 heavy (non-hydrogen) atoms. The molecule has 0 aliphatic carbocycles. The van der Waals surface area contributed by atoms with E-state index >= 15 is 0 Å². The van der Waals surface area contributed by atoms with Crippen molar-refractivity contribution in [2.24, 2.45) is 12.5 Å². The van der Waals surface area contributed by atoms with Gasteiger partial charge in [0.15, 0.2) is 5.78 Å². The zero-order chi connectivity index (χ0) is 14.6. The van der Waals surface area contributed by atoms with Gasteiger partial charge in [-0.2, -0.15) is 5.10 Å². The molecule has 0 fully saturated rings. The van der Waals surface area contributed by atoms with Crippen LogP contribution in [0.15, 0.2) is 6.07 Å². The van der Waals surface area contributed by atoms with E-state index in [0.717, 1.165) is 17.8 Å². The van der Waals surface area contributed by atoms with E-state index in [1.54, 1.807) is 4.68 Å². The van der Waals surface area contributed by atoms with Gasteiger partial charge in [-0.1, -0.05) is 27.7 Å². The topological polar surface area (TPSA) is 44.1 Å². The van der Waals surface area contributed by atoms with E-state index in [4.69, 9.17) is 4.74 Å². The Bertz CT molecular complexity index is 430. The van der Waals surface area contributed by atoms with E-state index in [2.05, 4.69) is 12.0 Å². The largest absolute Gasteiger partial charge is 0.370 e. The van der Waals surface area contributed by atoms with Gasteiger partial charge in [-0.3, -0.25) is 9.48 Å². The van der Waals surface area contributed by atoms with Crippen molar-refractivity contribution in [2.75, 3.05) is 6.61 Å². The van der Waals surface area contributed by atoms with E-state index in [-0.39, 0.29) is 17.3 Å². The summed E-state index contributed by atoms with van der Waals surface area (Å²) in [6.45, 7) is 10.6. The predicted octanol–water partition coefficient (Wildman–Crippen LogP) is 2.55. The first-order valence-corrected chi connectivity index (χ1v) is 6.95. The van der Waals surface area contributed by atoms with E-state index in [1.807, 2.05) is 40.8 Å². The third-order valence-electron chi connectivity index (χ3n) is 3.16. The van der Waals surface area contributed by atoms with E-state index < -0.39 is 0 Å². The number of nitrogens with zero attached hydrogens (tertiary/aromatic N) is 2. The van der Waals surface area contributed by atoms with Gasteiger partial charge in [0, 0.05) is 19.3 Å². The molecule has 0 N–H and O–H groups in total. The fraction of sp³-hybridized carbons (Fsp3) is 0.733. The molecule has 0 aliphatic heterocycles. The Kier molecular flexibility index (Phi) is 5.29. The van der Waals surface area contributed by atoms with E-state index in [1.165, 1.54) is 0 Å². The lowest BCUT2D eigenvalue weighted by Gasteiger charge is -2.29. The molecule has 1 unspecified atom stereocenters. The summed E-state index contributed by atoms with van der Waals surface area (Å²) in [5.74, 6) is 0.125. The Morgan fingerprint density at radius 3 is 2.47 bits per heavy atom. The molecule has 0 bridgehead atoms. The summed E-state index contributed by atoms with van der Waals surface area (Å²) >= 11 is 0. The molecular weight excluding hydrogens is 240 g/mol. The fourth-order valence-corrected chi connectivity index (χ4v) is 2.17. The quantitative estimate of drug-likeness (QED) is 0.795. The van der Waals surface area contributed by atoms with Gasteiger partial charge in [-0.15, -0.1) is 0 Å². The molecule has 1 aromatic heterocycles. The number of hydrogen-bond donors (Lipinski definition) is 0. The molecule has 108 valence electrons. The van der Waals surface area contributed by atoms with Crippen molar-refractivity contribution in [1.29, 1.82) is 0 Å². The third kappa shape index (κ3) is 4.16. The monoisotopic (exact) mass is 266 g/mol. The van der Waals surface area contributed by atoms with Crippen LogP contribution in [0, 0.1) is 5.41 Å². The molecule has 1 aromatic rings.